The van der Waals surface area contributed by atoms with E-state index in [0.29, 0.717) is 43.3 Å². The fourth-order valence-electron chi connectivity index (χ4n) is 4.17. The first-order valence-electron chi connectivity index (χ1n) is 10.6. The van der Waals surface area contributed by atoms with Crippen LogP contribution in [0.3, 0.4) is 0 Å². The number of nitrogens with zero attached hydrogens (tertiary/aromatic N) is 2. The monoisotopic (exact) mass is 488 g/mol. The Morgan fingerprint density at radius 2 is 1.56 bits per heavy atom. The summed E-state index contributed by atoms with van der Waals surface area (Å²) in [6, 6.07) is 24.3. The lowest BCUT2D eigenvalue weighted by Gasteiger charge is -2.30. The Morgan fingerprint density at radius 1 is 0.824 bits per heavy atom. The molecule has 0 spiro atoms. The van der Waals surface area contributed by atoms with Crippen LogP contribution < -0.4 is 0 Å². The molecule has 5 aromatic rings. The summed E-state index contributed by atoms with van der Waals surface area (Å²) in [5.74, 6) is -0.449. The molecule has 0 aliphatic heterocycles. The average Bonchev–Trinajstić information content (AvgIpc) is 2.84. The summed E-state index contributed by atoms with van der Waals surface area (Å²) in [6.07, 6.45) is 1.60. The molecule has 1 atom stereocenters. The van der Waals surface area contributed by atoms with Crippen molar-refractivity contribution in [1.82, 2.24) is 9.97 Å². The Hall–Kier alpha value is -3.31. The smallest absolute Gasteiger partial charge is 0.142 e. The zero-order chi connectivity index (χ0) is 23.9. The number of hydrogen-bond acceptors (Lipinski definition) is 3. The van der Waals surface area contributed by atoms with Crippen molar-refractivity contribution in [2.24, 2.45) is 0 Å². The summed E-state index contributed by atoms with van der Waals surface area (Å²) < 4.78 is 14.2. The number of aromatic nitrogens is 2. The van der Waals surface area contributed by atoms with E-state index in [1.165, 1.54) is 12.1 Å². The number of pyridine rings is 2. The highest BCUT2D eigenvalue weighted by molar-refractivity contribution is 6.42. The highest BCUT2D eigenvalue weighted by atomic mass is 35.5. The number of aliphatic hydroxyl groups is 1. The second-order valence-electron chi connectivity index (χ2n) is 8.10. The standard InChI is InChI=1S/C28H19Cl2FN2O/c1-17-10-11-21(16-32-17)28(34,19-8-5-9-22(31)14-19)20-12-13-24-23(15-20)26(29)25(27(30)33-24)18-6-3-2-4-7-18/h2-16,34H,1H3. The van der Waals surface area contributed by atoms with Crippen molar-refractivity contribution in [1.29, 1.82) is 0 Å². The summed E-state index contributed by atoms with van der Waals surface area (Å²) in [6.45, 7) is 1.86. The zero-order valence-electron chi connectivity index (χ0n) is 18.1. The third-order valence-electron chi connectivity index (χ3n) is 5.93. The van der Waals surface area contributed by atoms with E-state index in [1.54, 1.807) is 42.6 Å². The fraction of sp³-hybridized carbons (Fsp3) is 0.0714. The normalized spacial score (nSPS) is 13.1. The third-order valence-corrected chi connectivity index (χ3v) is 6.60. The molecule has 0 aliphatic rings. The molecule has 0 amide bonds. The number of halogens is 3. The molecule has 5 rings (SSSR count). The Labute approximate surface area is 206 Å². The topological polar surface area (TPSA) is 46.0 Å². The quantitative estimate of drug-likeness (QED) is 0.269. The van der Waals surface area contributed by atoms with E-state index < -0.39 is 11.4 Å². The molecule has 0 saturated heterocycles. The Morgan fingerprint density at radius 3 is 2.26 bits per heavy atom. The molecule has 0 fully saturated rings. The van der Waals surface area contributed by atoms with E-state index in [9.17, 15) is 9.50 Å². The van der Waals surface area contributed by atoms with Crippen LogP contribution in [-0.4, -0.2) is 15.1 Å². The summed E-state index contributed by atoms with van der Waals surface area (Å²) in [4.78, 5) is 8.89. The van der Waals surface area contributed by atoms with Crippen LogP contribution in [0.1, 0.15) is 22.4 Å². The Bertz CT molecular complexity index is 1510. The summed E-state index contributed by atoms with van der Waals surface area (Å²) in [5.41, 5.74) is 2.54. The first-order chi connectivity index (χ1) is 16.4. The second kappa shape index (κ2) is 8.80. The fourth-order valence-corrected chi connectivity index (χ4v) is 4.86. The van der Waals surface area contributed by atoms with Crippen molar-refractivity contribution >= 4 is 34.1 Å². The Balaban J connectivity index is 1.78. The predicted molar refractivity (Wildman–Crippen MR) is 135 cm³/mol. The van der Waals surface area contributed by atoms with Crippen LogP contribution in [0, 0.1) is 12.7 Å². The maximum Gasteiger partial charge on any atom is 0.142 e. The van der Waals surface area contributed by atoms with Gasteiger partial charge >= 0.3 is 0 Å². The van der Waals surface area contributed by atoms with Crippen LogP contribution in [0.5, 0.6) is 0 Å². The minimum atomic E-state index is -1.67. The molecule has 2 aromatic heterocycles. The van der Waals surface area contributed by atoms with Crippen molar-refractivity contribution < 1.29 is 9.50 Å². The molecule has 3 aromatic carbocycles. The number of hydrogen-bond donors (Lipinski definition) is 1. The highest BCUT2D eigenvalue weighted by Gasteiger charge is 2.35. The van der Waals surface area contributed by atoms with Crippen molar-refractivity contribution in [3.05, 3.63) is 130 Å². The van der Waals surface area contributed by atoms with Gasteiger partial charge in [0.1, 0.15) is 16.6 Å². The van der Waals surface area contributed by atoms with Gasteiger partial charge in [0.15, 0.2) is 0 Å². The van der Waals surface area contributed by atoms with Crippen LogP contribution in [0.15, 0.2) is 91.1 Å². The van der Waals surface area contributed by atoms with Crippen molar-refractivity contribution in [3.63, 3.8) is 0 Å². The number of benzene rings is 3. The minimum Gasteiger partial charge on any atom is -0.376 e. The van der Waals surface area contributed by atoms with Gasteiger partial charge in [0, 0.05) is 28.4 Å². The lowest BCUT2D eigenvalue weighted by atomic mass is 9.80. The predicted octanol–water partition coefficient (Wildman–Crippen LogP) is 7.34. The molecule has 0 radical (unpaired) electrons. The number of aryl methyl sites for hydroxylation is 1. The number of fused-ring (bicyclic) bond motifs is 1. The van der Waals surface area contributed by atoms with Gasteiger partial charge in [-0.1, -0.05) is 77.8 Å². The molecular weight excluding hydrogens is 470 g/mol. The van der Waals surface area contributed by atoms with Gasteiger partial charge in [-0.15, -0.1) is 0 Å². The van der Waals surface area contributed by atoms with Crippen molar-refractivity contribution in [2.45, 2.75) is 12.5 Å². The Kier molecular flexibility index (Phi) is 5.82. The highest BCUT2D eigenvalue weighted by Crippen LogP contribution is 2.42. The average molecular weight is 489 g/mol. The van der Waals surface area contributed by atoms with Crippen molar-refractivity contribution in [3.8, 4) is 11.1 Å². The van der Waals surface area contributed by atoms with Crippen LogP contribution in [0.25, 0.3) is 22.0 Å². The number of rotatable bonds is 4. The van der Waals surface area contributed by atoms with Gasteiger partial charge < -0.3 is 5.11 Å². The second-order valence-corrected chi connectivity index (χ2v) is 8.83. The maximum absolute atomic E-state index is 14.2. The van der Waals surface area contributed by atoms with Gasteiger partial charge in [-0.25, -0.2) is 9.37 Å². The first kappa shape index (κ1) is 22.5. The SMILES string of the molecule is Cc1ccc(C(O)(c2cccc(F)c2)c2ccc3nc(Cl)c(-c4ccccc4)c(Cl)c3c2)cn1. The molecule has 34 heavy (non-hydrogen) atoms. The molecule has 0 bridgehead atoms. The molecule has 3 nitrogen and oxygen atoms in total. The molecule has 0 aliphatic carbocycles. The molecule has 0 saturated carbocycles. The molecule has 2 heterocycles. The van der Waals surface area contributed by atoms with Crippen molar-refractivity contribution in [2.75, 3.05) is 0 Å². The van der Waals surface area contributed by atoms with Crippen LogP contribution in [-0.2, 0) is 5.60 Å². The lowest BCUT2D eigenvalue weighted by molar-refractivity contribution is 0.125. The van der Waals surface area contributed by atoms with Gasteiger partial charge in [-0.3, -0.25) is 4.98 Å². The van der Waals surface area contributed by atoms with E-state index in [1.807, 2.05) is 43.3 Å². The molecule has 1 N–H and O–H groups in total. The van der Waals surface area contributed by atoms with E-state index in [4.69, 9.17) is 23.2 Å². The van der Waals surface area contributed by atoms with Crippen LogP contribution >= 0.6 is 23.2 Å². The minimum absolute atomic E-state index is 0.291. The van der Waals surface area contributed by atoms with E-state index in [-0.39, 0.29) is 0 Å². The molecular formula is C28H19Cl2FN2O. The zero-order valence-corrected chi connectivity index (χ0v) is 19.6. The van der Waals surface area contributed by atoms with E-state index in [2.05, 4.69) is 9.97 Å². The van der Waals surface area contributed by atoms with Gasteiger partial charge in [0.25, 0.3) is 0 Å². The molecule has 6 heteroatoms. The van der Waals surface area contributed by atoms with E-state index >= 15 is 0 Å². The summed E-state index contributed by atoms with van der Waals surface area (Å²) >= 11 is 13.4. The van der Waals surface area contributed by atoms with Gasteiger partial charge in [-0.05, 0) is 53.9 Å². The van der Waals surface area contributed by atoms with Crippen LogP contribution in [0.2, 0.25) is 10.2 Å². The van der Waals surface area contributed by atoms with Gasteiger partial charge in [0.2, 0.25) is 0 Å². The van der Waals surface area contributed by atoms with Gasteiger partial charge in [0.05, 0.1) is 10.5 Å². The van der Waals surface area contributed by atoms with Gasteiger partial charge in [-0.2, -0.15) is 0 Å². The first-order valence-corrected chi connectivity index (χ1v) is 11.4. The summed E-state index contributed by atoms with van der Waals surface area (Å²) in [5, 5.41) is 13.5. The molecule has 168 valence electrons. The largest absolute Gasteiger partial charge is 0.376 e. The van der Waals surface area contributed by atoms with E-state index in [0.717, 1.165) is 11.3 Å². The maximum atomic E-state index is 14.2. The molecule has 1 unspecified atom stereocenters. The third kappa shape index (κ3) is 3.84. The lowest BCUT2D eigenvalue weighted by Crippen LogP contribution is -2.29. The summed E-state index contributed by atoms with van der Waals surface area (Å²) in [7, 11) is 0. The van der Waals surface area contributed by atoms with Crippen LogP contribution in [0.4, 0.5) is 4.39 Å².